The van der Waals surface area contributed by atoms with Crippen LogP contribution in [-0.2, 0) is 4.79 Å². The summed E-state index contributed by atoms with van der Waals surface area (Å²) < 4.78 is 0. The summed E-state index contributed by atoms with van der Waals surface area (Å²) in [6.07, 6.45) is 4.18. The number of amides is 1. The summed E-state index contributed by atoms with van der Waals surface area (Å²) in [5.41, 5.74) is 0. The molecule has 0 radical (unpaired) electrons. The molecule has 0 spiro atoms. The maximum Gasteiger partial charge on any atom is 0.221 e. The molecule has 0 heterocycles. The van der Waals surface area contributed by atoms with Crippen molar-refractivity contribution in [3.63, 3.8) is 0 Å². The fraction of sp³-hybridized carbons (Fsp3) is 0.900. The molecular formula is C10H18BrNOS. The average Bonchev–Trinajstić information content (AvgIpc) is 2.53. The van der Waals surface area contributed by atoms with Crippen LogP contribution in [0.1, 0.15) is 32.6 Å². The van der Waals surface area contributed by atoms with Gasteiger partial charge in [0.2, 0.25) is 5.91 Å². The van der Waals surface area contributed by atoms with Crippen molar-refractivity contribution < 1.29 is 4.79 Å². The molecule has 1 aliphatic rings. The molecule has 0 saturated heterocycles. The Morgan fingerprint density at radius 3 is 3.00 bits per heavy atom. The van der Waals surface area contributed by atoms with E-state index < -0.39 is 0 Å². The van der Waals surface area contributed by atoms with Gasteiger partial charge < -0.3 is 5.32 Å². The number of nitrogens with one attached hydrogen (secondary N) is 1. The number of halogens is 1. The third kappa shape index (κ3) is 4.22. The summed E-state index contributed by atoms with van der Waals surface area (Å²) in [4.78, 5) is 11.3. The first-order valence-electron chi connectivity index (χ1n) is 5.23. The van der Waals surface area contributed by atoms with E-state index in [4.69, 9.17) is 0 Å². The van der Waals surface area contributed by atoms with E-state index in [1.165, 1.54) is 12.2 Å². The zero-order chi connectivity index (χ0) is 10.4. The molecule has 2 nitrogen and oxygen atoms in total. The first kappa shape index (κ1) is 12.4. The summed E-state index contributed by atoms with van der Waals surface area (Å²) in [6, 6.07) is 0.436. The summed E-state index contributed by atoms with van der Waals surface area (Å²) in [7, 11) is 0. The lowest BCUT2D eigenvalue weighted by Crippen LogP contribution is -2.33. The first-order chi connectivity index (χ1) is 6.76. The molecule has 1 aliphatic carbocycles. The quantitative estimate of drug-likeness (QED) is 0.784. The van der Waals surface area contributed by atoms with Gasteiger partial charge in [-0.2, -0.15) is 11.8 Å². The highest BCUT2D eigenvalue weighted by atomic mass is 79.9. The predicted molar refractivity (Wildman–Crippen MR) is 66.1 cm³/mol. The number of hydrogen-bond donors (Lipinski definition) is 1. The third-order valence-electron chi connectivity index (χ3n) is 2.47. The number of thioether (sulfide) groups is 1. The number of rotatable bonds is 5. The Labute approximate surface area is 98.7 Å². The maximum absolute atomic E-state index is 11.3. The number of carbonyl (C=O) groups is 1. The van der Waals surface area contributed by atoms with Crippen LogP contribution >= 0.6 is 27.7 Å². The molecule has 1 rings (SSSR count). The smallest absolute Gasteiger partial charge is 0.221 e. The molecule has 2 atom stereocenters. The van der Waals surface area contributed by atoms with Crippen molar-refractivity contribution in [3.8, 4) is 0 Å². The Morgan fingerprint density at radius 2 is 2.36 bits per heavy atom. The van der Waals surface area contributed by atoms with E-state index in [0.717, 1.165) is 23.4 Å². The minimum absolute atomic E-state index is 0.189. The van der Waals surface area contributed by atoms with Crippen molar-refractivity contribution in [1.82, 2.24) is 5.32 Å². The molecule has 82 valence electrons. The van der Waals surface area contributed by atoms with Crippen molar-refractivity contribution in [2.75, 3.05) is 11.1 Å². The summed E-state index contributed by atoms with van der Waals surface area (Å²) in [5, 5.41) is 4.62. The van der Waals surface area contributed by atoms with Crippen molar-refractivity contribution in [2.45, 2.75) is 43.9 Å². The van der Waals surface area contributed by atoms with Gasteiger partial charge in [0.15, 0.2) is 0 Å². The van der Waals surface area contributed by atoms with E-state index in [2.05, 4.69) is 28.2 Å². The van der Waals surface area contributed by atoms with Crippen LogP contribution in [0.5, 0.6) is 0 Å². The third-order valence-corrected chi connectivity index (χ3v) is 4.10. The van der Waals surface area contributed by atoms with Crippen LogP contribution in [0.25, 0.3) is 0 Å². The van der Waals surface area contributed by atoms with Crippen LogP contribution < -0.4 is 5.32 Å². The molecule has 4 heteroatoms. The minimum atomic E-state index is 0.189. The molecule has 2 unspecified atom stereocenters. The second kappa shape index (κ2) is 6.72. The van der Waals surface area contributed by atoms with E-state index in [-0.39, 0.29) is 5.91 Å². The van der Waals surface area contributed by atoms with Gasteiger partial charge in [0.1, 0.15) is 0 Å². The van der Waals surface area contributed by atoms with Gasteiger partial charge >= 0.3 is 0 Å². The van der Waals surface area contributed by atoms with E-state index in [1.807, 2.05) is 11.8 Å². The zero-order valence-corrected chi connectivity index (χ0v) is 11.0. The van der Waals surface area contributed by atoms with Gasteiger partial charge in [-0.05, 0) is 25.0 Å². The van der Waals surface area contributed by atoms with Crippen LogP contribution in [0.2, 0.25) is 0 Å². The van der Waals surface area contributed by atoms with E-state index in [1.54, 1.807) is 0 Å². The highest BCUT2D eigenvalue weighted by molar-refractivity contribution is 9.09. The van der Waals surface area contributed by atoms with Crippen LogP contribution in [0.15, 0.2) is 0 Å². The Kier molecular flexibility index (Phi) is 5.94. The van der Waals surface area contributed by atoms with Crippen LogP contribution in [-0.4, -0.2) is 28.3 Å². The van der Waals surface area contributed by atoms with Gasteiger partial charge in [0.25, 0.3) is 0 Å². The van der Waals surface area contributed by atoms with Gasteiger partial charge in [0.05, 0.1) is 0 Å². The Balaban J connectivity index is 2.18. The van der Waals surface area contributed by atoms with Crippen LogP contribution in [0.3, 0.4) is 0 Å². The monoisotopic (exact) mass is 279 g/mol. The lowest BCUT2D eigenvalue weighted by Gasteiger charge is -2.12. The lowest BCUT2D eigenvalue weighted by atomic mass is 10.2. The van der Waals surface area contributed by atoms with Crippen molar-refractivity contribution in [2.24, 2.45) is 0 Å². The molecule has 14 heavy (non-hydrogen) atoms. The normalized spacial score (nSPS) is 26.4. The molecule has 0 bridgehead atoms. The lowest BCUT2D eigenvalue weighted by molar-refractivity contribution is -0.121. The second-order valence-electron chi connectivity index (χ2n) is 3.59. The average molecular weight is 280 g/mol. The van der Waals surface area contributed by atoms with Gasteiger partial charge in [0, 0.05) is 23.0 Å². The number of hydrogen-bond acceptors (Lipinski definition) is 2. The Hall–Kier alpha value is 0.300. The van der Waals surface area contributed by atoms with E-state index in [0.29, 0.717) is 12.5 Å². The van der Waals surface area contributed by atoms with Gasteiger partial charge in [-0.1, -0.05) is 22.9 Å². The molecule has 0 aromatic rings. The molecule has 1 N–H and O–H groups in total. The highest BCUT2D eigenvalue weighted by Crippen LogP contribution is 2.29. The first-order valence-corrected chi connectivity index (χ1v) is 7.40. The fourth-order valence-electron chi connectivity index (χ4n) is 1.84. The molecule has 1 fully saturated rings. The molecule has 1 saturated carbocycles. The largest absolute Gasteiger partial charge is 0.353 e. The van der Waals surface area contributed by atoms with Crippen LogP contribution in [0, 0.1) is 0 Å². The van der Waals surface area contributed by atoms with Crippen molar-refractivity contribution in [3.05, 3.63) is 0 Å². The standard InChI is InChI=1S/C10H18BrNOS/c1-2-14-9-4-3-8(7-9)12-10(13)5-6-11/h8-9H,2-7H2,1H3,(H,12,13). The Bertz CT molecular complexity index is 189. The van der Waals surface area contributed by atoms with Crippen LogP contribution in [0.4, 0.5) is 0 Å². The molecule has 1 amide bonds. The summed E-state index contributed by atoms with van der Waals surface area (Å²) >= 11 is 5.29. The summed E-state index contributed by atoms with van der Waals surface area (Å²) in [5.74, 6) is 1.38. The number of carbonyl (C=O) groups excluding carboxylic acids is 1. The minimum Gasteiger partial charge on any atom is -0.353 e. The van der Waals surface area contributed by atoms with E-state index in [9.17, 15) is 4.79 Å². The maximum atomic E-state index is 11.3. The van der Waals surface area contributed by atoms with E-state index >= 15 is 0 Å². The topological polar surface area (TPSA) is 29.1 Å². The van der Waals surface area contributed by atoms with Gasteiger partial charge in [-0.3, -0.25) is 4.79 Å². The van der Waals surface area contributed by atoms with Crippen molar-refractivity contribution in [1.29, 1.82) is 0 Å². The highest BCUT2D eigenvalue weighted by Gasteiger charge is 2.25. The molecule has 0 aromatic carbocycles. The predicted octanol–water partition coefficient (Wildman–Crippen LogP) is 2.56. The second-order valence-corrected chi connectivity index (χ2v) is 5.96. The SMILES string of the molecule is CCSC1CCC(NC(=O)CCBr)C1. The molecular weight excluding hydrogens is 262 g/mol. The zero-order valence-electron chi connectivity index (χ0n) is 8.59. The molecule has 0 aromatic heterocycles. The number of alkyl halides is 1. The molecule has 0 aliphatic heterocycles. The van der Waals surface area contributed by atoms with Gasteiger partial charge in [-0.25, -0.2) is 0 Å². The fourth-order valence-corrected chi connectivity index (χ4v) is 3.35. The van der Waals surface area contributed by atoms with Gasteiger partial charge in [-0.15, -0.1) is 0 Å². The Morgan fingerprint density at radius 1 is 1.57 bits per heavy atom. The van der Waals surface area contributed by atoms with Crippen molar-refractivity contribution >= 4 is 33.6 Å². The summed E-state index contributed by atoms with van der Waals surface area (Å²) in [6.45, 7) is 2.20.